The number of benzene rings is 2. The van der Waals surface area contributed by atoms with E-state index in [0.717, 1.165) is 16.8 Å². The molecule has 0 atom stereocenters. The number of carbonyl (C=O) groups excluding carboxylic acids is 1. The lowest BCUT2D eigenvalue weighted by Gasteiger charge is -2.10. The van der Waals surface area contributed by atoms with Gasteiger partial charge in [-0.25, -0.2) is 0 Å². The van der Waals surface area contributed by atoms with Crippen molar-refractivity contribution in [1.29, 1.82) is 0 Å². The second kappa shape index (κ2) is 6.98. The van der Waals surface area contributed by atoms with Crippen LogP contribution in [0.5, 0.6) is 5.75 Å². The van der Waals surface area contributed by atoms with Gasteiger partial charge in [0.1, 0.15) is 5.75 Å². The number of halogens is 3. The van der Waals surface area contributed by atoms with E-state index in [9.17, 15) is 18.0 Å². The highest BCUT2D eigenvalue weighted by molar-refractivity contribution is 6.06. The van der Waals surface area contributed by atoms with Crippen molar-refractivity contribution in [2.45, 2.75) is 6.18 Å². The van der Waals surface area contributed by atoms with E-state index in [2.05, 4.69) is 15.6 Å². The van der Waals surface area contributed by atoms with Crippen molar-refractivity contribution in [2.75, 3.05) is 18.2 Å². The Kier molecular flexibility index (Phi) is 4.72. The first-order chi connectivity index (χ1) is 12.8. The van der Waals surface area contributed by atoms with Gasteiger partial charge in [0.25, 0.3) is 5.91 Å². The number of alkyl halides is 3. The number of anilines is 2. The van der Waals surface area contributed by atoms with Crippen LogP contribution in [0, 0.1) is 0 Å². The van der Waals surface area contributed by atoms with Crippen LogP contribution in [0.3, 0.4) is 0 Å². The van der Waals surface area contributed by atoms with Gasteiger partial charge in [-0.1, -0.05) is 23.4 Å². The van der Waals surface area contributed by atoms with Crippen LogP contribution in [0.25, 0.3) is 5.69 Å². The Morgan fingerprint density at radius 1 is 1.19 bits per heavy atom. The fourth-order valence-electron chi connectivity index (χ4n) is 2.39. The van der Waals surface area contributed by atoms with Gasteiger partial charge in [0.15, 0.2) is 11.5 Å². The van der Waals surface area contributed by atoms with Crippen LogP contribution in [0.2, 0.25) is 0 Å². The van der Waals surface area contributed by atoms with E-state index in [-0.39, 0.29) is 17.2 Å². The Bertz CT molecular complexity index is 985. The minimum atomic E-state index is -4.52. The highest BCUT2D eigenvalue weighted by atomic mass is 19.4. The Hall–Kier alpha value is -3.56. The number of amides is 1. The van der Waals surface area contributed by atoms with E-state index in [1.54, 1.807) is 24.3 Å². The van der Waals surface area contributed by atoms with E-state index in [1.807, 2.05) is 0 Å². The number of nitrogen functional groups attached to an aromatic ring is 1. The summed E-state index contributed by atoms with van der Waals surface area (Å²) in [5.41, 5.74) is 5.22. The summed E-state index contributed by atoms with van der Waals surface area (Å²) in [5.74, 6) is -0.438. The number of nitrogens with one attached hydrogen (secondary N) is 1. The third kappa shape index (κ3) is 3.68. The van der Waals surface area contributed by atoms with E-state index in [0.29, 0.717) is 11.4 Å². The third-order valence-corrected chi connectivity index (χ3v) is 3.69. The fraction of sp³-hybridized carbons (Fsp3) is 0.118. The minimum absolute atomic E-state index is 0.0335. The van der Waals surface area contributed by atoms with Gasteiger partial charge in [0, 0.05) is 0 Å². The molecule has 1 heterocycles. The van der Waals surface area contributed by atoms with E-state index >= 15 is 0 Å². The summed E-state index contributed by atoms with van der Waals surface area (Å²) in [6.45, 7) is 0. The van der Waals surface area contributed by atoms with Gasteiger partial charge in [0.05, 0.1) is 24.0 Å². The molecular formula is C17H14F3N5O2. The van der Waals surface area contributed by atoms with E-state index in [1.165, 1.54) is 19.2 Å². The van der Waals surface area contributed by atoms with Crippen molar-refractivity contribution in [3.05, 3.63) is 59.8 Å². The third-order valence-electron chi connectivity index (χ3n) is 3.69. The van der Waals surface area contributed by atoms with Crippen molar-refractivity contribution in [1.82, 2.24) is 15.0 Å². The molecule has 27 heavy (non-hydrogen) atoms. The van der Waals surface area contributed by atoms with Crippen LogP contribution in [0.4, 0.5) is 24.7 Å². The Balaban J connectivity index is 1.90. The highest BCUT2D eigenvalue weighted by Crippen LogP contribution is 2.31. The van der Waals surface area contributed by atoms with E-state index < -0.39 is 17.6 Å². The molecule has 1 aromatic heterocycles. The summed E-state index contributed by atoms with van der Waals surface area (Å²) in [6.07, 6.45) is -4.52. The summed E-state index contributed by atoms with van der Waals surface area (Å²) in [6, 6.07) is 11.1. The van der Waals surface area contributed by atoms with Crippen molar-refractivity contribution < 1.29 is 22.7 Å². The molecule has 10 heteroatoms. The summed E-state index contributed by atoms with van der Waals surface area (Å²) in [4.78, 5) is 12.4. The number of aromatic nitrogens is 3. The average Bonchev–Trinajstić information content (AvgIpc) is 3.03. The van der Waals surface area contributed by atoms with E-state index in [4.69, 9.17) is 10.5 Å². The molecule has 0 aliphatic heterocycles. The Labute approximate surface area is 151 Å². The molecule has 1 amide bonds. The predicted octanol–water partition coefficient (Wildman–Crippen LogP) is 3.13. The van der Waals surface area contributed by atoms with Crippen LogP contribution in [0.15, 0.2) is 48.5 Å². The number of nitrogens with zero attached hydrogens (tertiary/aromatic N) is 3. The predicted molar refractivity (Wildman–Crippen MR) is 91.7 cm³/mol. The maximum absolute atomic E-state index is 12.9. The van der Waals surface area contributed by atoms with Gasteiger partial charge in [-0.2, -0.15) is 17.9 Å². The van der Waals surface area contributed by atoms with Crippen LogP contribution < -0.4 is 15.8 Å². The van der Waals surface area contributed by atoms with Crippen LogP contribution in [0.1, 0.15) is 16.1 Å². The molecule has 0 saturated heterocycles. The molecule has 3 rings (SSSR count). The van der Waals surface area contributed by atoms with Gasteiger partial charge >= 0.3 is 6.18 Å². The number of para-hydroxylation sites is 2. The van der Waals surface area contributed by atoms with Crippen molar-refractivity contribution >= 4 is 17.4 Å². The number of carbonyl (C=O) groups is 1. The summed E-state index contributed by atoms with van der Waals surface area (Å²) >= 11 is 0. The molecule has 0 saturated carbocycles. The SMILES string of the molecule is COc1ccccc1NC(=O)c1nnn(-c2cccc(C(F)(F)F)c2)c1N. The number of ether oxygens (including phenoxy) is 1. The molecule has 0 fully saturated rings. The molecule has 3 N–H and O–H groups in total. The van der Waals surface area contributed by atoms with Crippen LogP contribution in [-0.2, 0) is 6.18 Å². The van der Waals surface area contributed by atoms with Gasteiger partial charge in [-0.3, -0.25) is 4.79 Å². The molecule has 0 aliphatic carbocycles. The van der Waals surface area contributed by atoms with Crippen molar-refractivity contribution in [3.63, 3.8) is 0 Å². The molecule has 2 aromatic carbocycles. The van der Waals surface area contributed by atoms with Gasteiger partial charge < -0.3 is 15.8 Å². The quantitative estimate of drug-likeness (QED) is 0.728. The smallest absolute Gasteiger partial charge is 0.416 e. The van der Waals surface area contributed by atoms with Crippen LogP contribution in [-0.4, -0.2) is 28.0 Å². The number of methoxy groups -OCH3 is 1. The molecule has 140 valence electrons. The lowest BCUT2D eigenvalue weighted by Crippen LogP contribution is -2.15. The largest absolute Gasteiger partial charge is 0.495 e. The van der Waals surface area contributed by atoms with Crippen molar-refractivity contribution in [3.8, 4) is 11.4 Å². The van der Waals surface area contributed by atoms with Crippen molar-refractivity contribution in [2.24, 2.45) is 0 Å². The molecule has 0 radical (unpaired) electrons. The Morgan fingerprint density at radius 3 is 2.63 bits per heavy atom. The fourth-order valence-corrected chi connectivity index (χ4v) is 2.39. The zero-order valence-corrected chi connectivity index (χ0v) is 14.0. The maximum Gasteiger partial charge on any atom is 0.416 e. The number of rotatable bonds is 4. The molecule has 7 nitrogen and oxygen atoms in total. The first-order valence-electron chi connectivity index (χ1n) is 7.64. The molecule has 0 spiro atoms. The van der Waals surface area contributed by atoms with Gasteiger partial charge in [0.2, 0.25) is 0 Å². The second-order valence-electron chi connectivity index (χ2n) is 5.44. The number of hydrogen-bond acceptors (Lipinski definition) is 5. The normalized spacial score (nSPS) is 11.3. The maximum atomic E-state index is 12.9. The minimum Gasteiger partial charge on any atom is -0.495 e. The Morgan fingerprint density at radius 2 is 1.93 bits per heavy atom. The zero-order valence-electron chi connectivity index (χ0n) is 14.0. The lowest BCUT2D eigenvalue weighted by atomic mass is 10.2. The molecule has 0 aliphatic rings. The summed E-state index contributed by atoms with van der Waals surface area (Å²) in [7, 11) is 1.45. The van der Waals surface area contributed by atoms with Gasteiger partial charge in [-0.15, -0.1) is 5.10 Å². The number of hydrogen-bond donors (Lipinski definition) is 2. The zero-order chi connectivity index (χ0) is 19.6. The summed E-state index contributed by atoms with van der Waals surface area (Å²) < 4.78 is 44.7. The molecule has 3 aromatic rings. The van der Waals surface area contributed by atoms with Gasteiger partial charge in [-0.05, 0) is 30.3 Å². The molecule has 0 unspecified atom stereocenters. The topological polar surface area (TPSA) is 95.1 Å². The first kappa shape index (κ1) is 18.2. The lowest BCUT2D eigenvalue weighted by molar-refractivity contribution is -0.137. The highest BCUT2D eigenvalue weighted by Gasteiger charge is 2.31. The standard InChI is InChI=1S/C17H14F3N5O2/c1-27-13-8-3-2-7-12(13)22-16(26)14-15(21)25(24-23-14)11-6-4-5-10(9-11)17(18,19)20/h2-9H,21H2,1H3,(H,22,26). The average molecular weight is 377 g/mol. The first-order valence-corrected chi connectivity index (χ1v) is 7.64. The summed E-state index contributed by atoms with van der Waals surface area (Å²) in [5, 5.41) is 9.97. The van der Waals surface area contributed by atoms with Crippen LogP contribution >= 0.6 is 0 Å². The monoisotopic (exact) mass is 377 g/mol. The molecular weight excluding hydrogens is 363 g/mol. The second-order valence-corrected chi connectivity index (χ2v) is 5.44. The number of nitrogens with two attached hydrogens (primary N) is 1. The molecule has 0 bridgehead atoms.